The van der Waals surface area contributed by atoms with Gasteiger partial charge in [0.25, 0.3) is 5.91 Å². The third kappa shape index (κ3) is 6.60. The molecule has 1 aliphatic rings. The molecule has 1 amide bonds. The van der Waals surface area contributed by atoms with Gasteiger partial charge in [0, 0.05) is 24.8 Å². The Morgan fingerprint density at radius 1 is 1.26 bits per heavy atom. The van der Waals surface area contributed by atoms with Crippen molar-refractivity contribution in [2.24, 2.45) is 0 Å². The highest BCUT2D eigenvalue weighted by Crippen LogP contribution is 2.36. The topological polar surface area (TPSA) is 62.8 Å². The van der Waals surface area contributed by atoms with E-state index in [0.29, 0.717) is 29.1 Å². The molecular weight excluding hydrogens is 414 g/mol. The molecule has 3 rings (SSSR count). The van der Waals surface area contributed by atoms with E-state index in [1.165, 1.54) is 19.4 Å². The Morgan fingerprint density at radius 2 is 2.03 bits per heavy atom. The zero-order chi connectivity index (χ0) is 22.2. The number of carbonyl (C=O) groups is 1. The lowest BCUT2D eigenvalue weighted by Gasteiger charge is -2.23. The van der Waals surface area contributed by atoms with Crippen molar-refractivity contribution < 1.29 is 14.3 Å². The number of likely N-dealkylation sites (N-methyl/N-ethyl adjacent to an activating group) is 1. The summed E-state index contributed by atoms with van der Waals surface area (Å²) >= 11 is 6.45. The minimum atomic E-state index is -0.259. The highest BCUT2D eigenvalue weighted by atomic mass is 35.5. The number of likely N-dealkylation sites (tertiary alicyclic amines) is 1. The van der Waals surface area contributed by atoms with Crippen LogP contribution in [0.1, 0.15) is 30.9 Å². The van der Waals surface area contributed by atoms with Gasteiger partial charge in [0.15, 0.2) is 18.1 Å². The molecule has 1 heterocycles. The highest BCUT2D eigenvalue weighted by molar-refractivity contribution is 6.32. The van der Waals surface area contributed by atoms with E-state index >= 15 is 0 Å². The molecule has 2 aromatic carbocycles. The third-order valence-electron chi connectivity index (χ3n) is 5.59. The number of anilines is 1. The summed E-state index contributed by atoms with van der Waals surface area (Å²) in [5.41, 5.74) is 2.87. The van der Waals surface area contributed by atoms with Crippen LogP contribution in [0.25, 0.3) is 0 Å². The largest absolute Gasteiger partial charge is 0.493 e. The summed E-state index contributed by atoms with van der Waals surface area (Å²) in [5.74, 6) is 0.633. The SMILES string of the molecule is CCN1CCCC1CNCc1cc(Cl)c(OCC(=O)Nc2ccc(C)cc2)c(OC)c1. The Bertz CT molecular complexity index is 873. The average Bonchev–Trinajstić information content (AvgIpc) is 3.21. The number of methoxy groups -OCH3 is 1. The predicted molar refractivity (Wildman–Crippen MR) is 125 cm³/mol. The third-order valence-corrected chi connectivity index (χ3v) is 5.87. The van der Waals surface area contributed by atoms with Crippen molar-refractivity contribution in [1.29, 1.82) is 0 Å². The lowest BCUT2D eigenvalue weighted by atomic mass is 10.1. The van der Waals surface area contributed by atoms with Crippen LogP contribution in [-0.4, -0.2) is 50.2 Å². The quantitative estimate of drug-likeness (QED) is 0.572. The minimum Gasteiger partial charge on any atom is -0.493 e. The number of ether oxygens (including phenoxy) is 2. The van der Waals surface area contributed by atoms with Crippen LogP contribution in [0.5, 0.6) is 11.5 Å². The number of nitrogens with zero attached hydrogens (tertiary/aromatic N) is 1. The van der Waals surface area contributed by atoms with Gasteiger partial charge in [0.2, 0.25) is 0 Å². The molecule has 2 N–H and O–H groups in total. The van der Waals surface area contributed by atoms with E-state index in [-0.39, 0.29) is 12.5 Å². The standard InChI is InChI=1S/C24H32ClN3O3/c1-4-28-11-5-6-20(28)15-26-14-18-12-21(25)24(22(13-18)30-3)31-16-23(29)27-19-9-7-17(2)8-10-19/h7-10,12-13,20,26H,4-6,11,14-16H2,1-3H3,(H,27,29). The summed E-state index contributed by atoms with van der Waals surface area (Å²) < 4.78 is 11.2. The van der Waals surface area contributed by atoms with Crippen LogP contribution in [0, 0.1) is 6.92 Å². The zero-order valence-corrected chi connectivity index (χ0v) is 19.3. The summed E-state index contributed by atoms with van der Waals surface area (Å²) in [5, 5.41) is 6.76. The number of carbonyl (C=O) groups excluding carboxylic acids is 1. The average molecular weight is 446 g/mol. The molecule has 1 atom stereocenters. The smallest absolute Gasteiger partial charge is 0.262 e. The number of amides is 1. The number of benzene rings is 2. The van der Waals surface area contributed by atoms with Crippen molar-refractivity contribution in [3.05, 3.63) is 52.5 Å². The summed E-state index contributed by atoms with van der Waals surface area (Å²) in [7, 11) is 1.57. The van der Waals surface area contributed by atoms with Gasteiger partial charge in [-0.3, -0.25) is 9.69 Å². The molecule has 1 unspecified atom stereocenters. The molecule has 168 valence electrons. The fraction of sp³-hybridized carbons (Fsp3) is 0.458. The van der Waals surface area contributed by atoms with E-state index in [4.69, 9.17) is 21.1 Å². The molecule has 0 spiro atoms. The van der Waals surface area contributed by atoms with Gasteiger partial charge in [-0.2, -0.15) is 0 Å². The maximum Gasteiger partial charge on any atom is 0.262 e. The molecule has 0 aromatic heterocycles. The van der Waals surface area contributed by atoms with E-state index < -0.39 is 0 Å². The zero-order valence-electron chi connectivity index (χ0n) is 18.5. The number of aryl methyl sites for hydroxylation is 1. The molecule has 1 aliphatic heterocycles. The second-order valence-electron chi connectivity index (χ2n) is 7.87. The Morgan fingerprint density at radius 3 is 2.74 bits per heavy atom. The number of halogens is 1. The van der Waals surface area contributed by atoms with E-state index in [0.717, 1.165) is 29.9 Å². The maximum absolute atomic E-state index is 12.2. The van der Waals surface area contributed by atoms with Gasteiger partial charge in [0.05, 0.1) is 12.1 Å². The number of rotatable bonds is 10. The number of hydrogen-bond acceptors (Lipinski definition) is 5. The van der Waals surface area contributed by atoms with Crippen LogP contribution < -0.4 is 20.1 Å². The Labute approximate surface area is 189 Å². The van der Waals surface area contributed by atoms with Crippen molar-refractivity contribution >= 4 is 23.2 Å². The van der Waals surface area contributed by atoms with Crippen molar-refractivity contribution in [3.8, 4) is 11.5 Å². The fourth-order valence-electron chi connectivity index (χ4n) is 3.91. The van der Waals surface area contributed by atoms with Gasteiger partial charge >= 0.3 is 0 Å². The van der Waals surface area contributed by atoms with Gasteiger partial charge in [-0.05, 0) is 62.7 Å². The molecular formula is C24H32ClN3O3. The summed E-state index contributed by atoms with van der Waals surface area (Å²) in [6, 6.07) is 11.9. The first kappa shape index (κ1) is 23.4. The molecule has 2 aromatic rings. The Hall–Kier alpha value is -2.28. The predicted octanol–water partition coefficient (Wildman–Crippen LogP) is 4.25. The minimum absolute atomic E-state index is 0.157. The van der Waals surface area contributed by atoms with Crippen molar-refractivity contribution in [2.75, 3.05) is 38.7 Å². The molecule has 0 bridgehead atoms. The molecule has 7 heteroatoms. The van der Waals surface area contributed by atoms with Crippen molar-refractivity contribution in [2.45, 2.75) is 39.3 Å². The van der Waals surface area contributed by atoms with Crippen molar-refractivity contribution in [3.63, 3.8) is 0 Å². The maximum atomic E-state index is 12.2. The monoisotopic (exact) mass is 445 g/mol. The van der Waals surface area contributed by atoms with Gasteiger partial charge in [-0.25, -0.2) is 0 Å². The second-order valence-corrected chi connectivity index (χ2v) is 8.27. The van der Waals surface area contributed by atoms with Crippen LogP contribution >= 0.6 is 11.6 Å². The molecule has 0 saturated carbocycles. The molecule has 1 saturated heterocycles. The van der Waals surface area contributed by atoms with Crippen LogP contribution in [0.3, 0.4) is 0 Å². The van der Waals surface area contributed by atoms with Crippen LogP contribution in [-0.2, 0) is 11.3 Å². The molecule has 1 fully saturated rings. The molecule has 0 radical (unpaired) electrons. The van der Waals surface area contributed by atoms with Crippen molar-refractivity contribution in [1.82, 2.24) is 10.2 Å². The molecule has 31 heavy (non-hydrogen) atoms. The van der Waals surface area contributed by atoms with E-state index in [1.54, 1.807) is 7.11 Å². The van der Waals surface area contributed by atoms with Crippen LogP contribution in [0.15, 0.2) is 36.4 Å². The van der Waals surface area contributed by atoms with Gasteiger partial charge in [0.1, 0.15) is 0 Å². The summed E-state index contributed by atoms with van der Waals surface area (Å²) in [6.45, 7) is 7.97. The number of nitrogens with one attached hydrogen (secondary N) is 2. The lowest BCUT2D eigenvalue weighted by molar-refractivity contribution is -0.118. The van der Waals surface area contributed by atoms with E-state index in [2.05, 4.69) is 22.5 Å². The highest BCUT2D eigenvalue weighted by Gasteiger charge is 2.22. The van der Waals surface area contributed by atoms with Gasteiger partial charge in [-0.15, -0.1) is 0 Å². The number of hydrogen-bond donors (Lipinski definition) is 2. The van der Waals surface area contributed by atoms with E-state index in [9.17, 15) is 4.79 Å². The molecule has 6 nitrogen and oxygen atoms in total. The van der Waals surface area contributed by atoms with Gasteiger partial charge < -0.3 is 20.1 Å². The Kier molecular flexibility index (Phi) is 8.58. The summed E-state index contributed by atoms with van der Waals surface area (Å²) in [6.07, 6.45) is 2.51. The molecule has 0 aliphatic carbocycles. The first-order valence-electron chi connectivity index (χ1n) is 10.8. The van der Waals surface area contributed by atoms with Crippen LogP contribution in [0.4, 0.5) is 5.69 Å². The fourth-order valence-corrected chi connectivity index (χ4v) is 4.20. The Balaban J connectivity index is 1.54. The first-order valence-corrected chi connectivity index (χ1v) is 11.2. The second kappa shape index (κ2) is 11.4. The van der Waals surface area contributed by atoms with E-state index in [1.807, 2.05) is 43.3 Å². The van der Waals surface area contributed by atoms with Crippen LogP contribution in [0.2, 0.25) is 5.02 Å². The van der Waals surface area contributed by atoms with Gasteiger partial charge in [-0.1, -0.05) is 36.2 Å². The normalized spacial score (nSPS) is 16.3. The lowest BCUT2D eigenvalue weighted by Crippen LogP contribution is -2.37. The first-order chi connectivity index (χ1) is 15.0. The summed E-state index contributed by atoms with van der Waals surface area (Å²) in [4.78, 5) is 14.7.